The summed E-state index contributed by atoms with van der Waals surface area (Å²) in [4.78, 5) is 0. The summed E-state index contributed by atoms with van der Waals surface area (Å²) in [6.07, 6.45) is -4.62. The zero-order valence-electron chi connectivity index (χ0n) is 10.4. The molecular formula is C11H13BF3NO3. The van der Waals surface area contributed by atoms with Crippen molar-refractivity contribution in [2.45, 2.75) is 11.7 Å². The van der Waals surface area contributed by atoms with E-state index in [1.807, 2.05) is 0 Å². The number of hydrogen-bond donors (Lipinski definition) is 2. The SMILES string of the molecule is [B]C(O)(CN)c1cc(OC)c(C(F)(F)F)cc1OC. The van der Waals surface area contributed by atoms with Gasteiger partial charge in [0.15, 0.2) is 0 Å². The van der Waals surface area contributed by atoms with Gasteiger partial charge in [0, 0.05) is 12.1 Å². The Kier molecular flexibility index (Phi) is 4.37. The summed E-state index contributed by atoms with van der Waals surface area (Å²) in [6.45, 7) is -0.391. The Morgan fingerprint density at radius 2 is 1.58 bits per heavy atom. The second-order valence-corrected chi connectivity index (χ2v) is 3.88. The minimum Gasteiger partial charge on any atom is -0.496 e. The highest BCUT2D eigenvalue weighted by molar-refractivity contribution is 6.15. The van der Waals surface area contributed by atoms with Crippen molar-refractivity contribution in [3.63, 3.8) is 0 Å². The van der Waals surface area contributed by atoms with Crippen LogP contribution >= 0.6 is 0 Å². The van der Waals surface area contributed by atoms with Crippen LogP contribution in [0.1, 0.15) is 11.1 Å². The predicted octanol–water partition coefficient (Wildman–Crippen LogP) is 0.995. The van der Waals surface area contributed by atoms with Crippen LogP contribution in [0.25, 0.3) is 0 Å². The van der Waals surface area contributed by atoms with E-state index >= 15 is 0 Å². The normalized spacial score (nSPS) is 14.9. The number of ether oxygens (including phenoxy) is 2. The molecule has 1 unspecified atom stereocenters. The topological polar surface area (TPSA) is 64.7 Å². The number of methoxy groups -OCH3 is 2. The molecule has 3 N–H and O–H groups in total. The molecule has 0 amide bonds. The fourth-order valence-electron chi connectivity index (χ4n) is 1.57. The highest BCUT2D eigenvalue weighted by Gasteiger charge is 2.37. The Hall–Kier alpha value is -1.41. The van der Waals surface area contributed by atoms with Gasteiger partial charge >= 0.3 is 6.18 Å². The highest BCUT2D eigenvalue weighted by Crippen LogP contribution is 2.42. The second kappa shape index (κ2) is 5.30. The van der Waals surface area contributed by atoms with Crippen LogP contribution in [0, 0.1) is 0 Å². The lowest BCUT2D eigenvalue weighted by Crippen LogP contribution is -2.35. The number of benzene rings is 1. The first-order chi connectivity index (χ1) is 8.67. The standard InChI is InChI=1S/C11H13BF3NO3/c1-18-8-4-7(11(13,14)15)9(19-2)3-6(8)10(12,17)5-16/h3-4,17H,5,16H2,1-2H3. The van der Waals surface area contributed by atoms with Gasteiger partial charge in [-0.1, -0.05) is 0 Å². The zero-order chi connectivity index (χ0) is 14.8. The first kappa shape index (κ1) is 15.7. The molecule has 0 heterocycles. The maximum absolute atomic E-state index is 12.8. The van der Waals surface area contributed by atoms with E-state index < -0.39 is 29.5 Å². The van der Waals surface area contributed by atoms with E-state index in [0.717, 1.165) is 20.3 Å². The summed E-state index contributed by atoms with van der Waals surface area (Å²) >= 11 is 0. The largest absolute Gasteiger partial charge is 0.496 e. The Morgan fingerprint density at radius 3 is 1.95 bits per heavy atom. The van der Waals surface area contributed by atoms with Gasteiger partial charge in [0.25, 0.3) is 0 Å². The molecule has 0 saturated carbocycles. The van der Waals surface area contributed by atoms with Crippen molar-refractivity contribution in [1.29, 1.82) is 0 Å². The molecule has 0 aliphatic heterocycles. The quantitative estimate of drug-likeness (QED) is 0.804. The molecule has 8 heteroatoms. The van der Waals surface area contributed by atoms with Crippen LogP contribution in [0.5, 0.6) is 11.5 Å². The third-order valence-electron chi connectivity index (χ3n) is 2.60. The number of rotatable bonds is 4. The van der Waals surface area contributed by atoms with Crippen LogP contribution < -0.4 is 15.2 Å². The number of halogens is 3. The molecule has 0 spiro atoms. The van der Waals surface area contributed by atoms with Gasteiger partial charge in [0.1, 0.15) is 24.9 Å². The molecule has 2 radical (unpaired) electrons. The van der Waals surface area contributed by atoms with Gasteiger partial charge in [-0.05, 0) is 12.1 Å². The summed E-state index contributed by atoms with van der Waals surface area (Å²) in [5.41, 5.74) is 2.17. The van der Waals surface area contributed by atoms with Crippen LogP contribution in [0.2, 0.25) is 0 Å². The van der Waals surface area contributed by atoms with Crippen molar-refractivity contribution in [3.8, 4) is 11.5 Å². The molecule has 1 atom stereocenters. The van der Waals surface area contributed by atoms with E-state index in [1.165, 1.54) is 0 Å². The minimum absolute atomic E-state index is 0.0812. The van der Waals surface area contributed by atoms with Gasteiger partial charge in [0.05, 0.1) is 19.7 Å². The van der Waals surface area contributed by atoms with Crippen molar-refractivity contribution in [3.05, 3.63) is 23.3 Å². The van der Waals surface area contributed by atoms with Crippen molar-refractivity contribution in [1.82, 2.24) is 0 Å². The predicted molar refractivity (Wildman–Crippen MR) is 63.3 cm³/mol. The molecule has 4 nitrogen and oxygen atoms in total. The average molecular weight is 275 g/mol. The average Bonchev–Trinajstić information content (AvgIpc) is 2.35. The van der Waals surface area contributed by atoms with Crippen LogP contribution in [0.15, 0.2) is 12.1 Å². The number of aliphatic hydroxyl groups is 1. The Balaban J connectivity index is 3.53. The van der Waals surface area contributed by atoms with Gasteiger partial charge in [0.2, 0.25) is 0 Å². The van der Waals surface area contributed by atoms with Crippen LogP contribution in [0.4, 0.5) is 13.2 Å². The molecule has 1 aromatic carbocycles. The lowest BCUT2D eigenvalue weighted by Gasteiger charge is -2.26. The van der Waals surface area contributed by atoms with Gasteiger partial charge in [-0.3, -0.25) is 0 Å². The Morgan fingerprint density at radius 1 is 1.16 bits per heavy atom. The molecule has 0 bridgehead atoms. The van der Waals surface area contributed by atoms with E-state index in [4.69, 9.17) is 18.3 Å². The number of alkyl halides is 3. The third kappa shape index (κ3) is 3.13. The molecular weight excluding hydrogens is 262 g/mol. The molecule has 1 aromatic rings. The maximum atomic E-state index is 12.8. The smallest absolute Gasteiger partial charge is 0.420 e. The summed E-state index contributed by atoms with van der Waals surface area (Å²) in [5, 5.41) is 9.86. The van der Waals surface area contributed by atoms with Crippen LogP contribution in [-0.4, -0.2) is 33.7 Å². The van der Waals surface area contributed by atoms with E-state index in [0.29, 0.717) is 6.07 Å². The minimum atomic E-state index is -4.62. The van der Waals surface area contributed by atoms with E-state index in [2.05, 4.69) is 4.74 Å². The summed E-state index contributed by atoms with van der Waals surface area (Å²) < 4.78 is 47.9. The molecule has 0 saturated heterocycles. The summed E-state index contributed by atoms with van der Waals surface area (Å²) in [5.74, 6) is -0.691. The highest BCUT2D eigenvalue weighted by atomic mass is 19.4. The number of hydrogen-bond acceptors (Lipinski definition) is 4. The van der Waals surface area contributed by atoms with Gasteiger partial charge < -0.3 is 20.3 Å². The molecule has 0 aromatic heterocycles. The van der Waals surface area contributed by atoms with Crippen LogP contribution in [0.3, 0.4) is 0 Å². The van der Waals surface area contributed by atoms with Gasteiger partial charge in [-0.25, -0.2) is 0 Å². The van der Waals surface area contributed by atoms with Crippen LogP contribution in [-0.2, 0) is 11.7 Å². The molecule has 1 rings (SSSR count). The van der Waals surface area contributed by atoms with Crippen molar-refractivity contribution >= 4 is 7.85 Å². The van der Waals surface area contributed by atoms with Gasteiger partial charge in [-0.2, -0.15) is 13.2 Å². The van der Waals surface area contributed by atoms with Crippen molar-refractivity contribution < 1.29 is 27.8 Å². The molecule has 19 heavy (non-hydrogen) atoms. The summed E-state index contributed by atoms with van der Waals surface area (Å²) in [7, 11) is 7.76. The van der Waals surface area contributed by atoms with Crippen molar-refractivity contribution in [2.75, 3.05) is 20.8 Å². The van der Waals surface area contributed by atoms with E-state index in [1.54, 1.807) is 0 Å². The molecule has 0 aliphatic carbocycles. The molecule has 104 valence electrons. The molecule has 0 aliphatic rings. The lowest BCUT2D eigenvalue weighted by atomic mass is 9.75. The molecule has 0 fully saturated rings. The maximum Gasteiger partial charge on any atom is 0.420 e. The fourth-order valence-corrected chi connectivity index (χ4v) is 1.57. The number of nitrogens with two attached hydrogens (primary N) is 1. The fraction of sp³-hybridized carbons (Fsp3) is 0.455. The van der Waals surface area contributed by atoms with Gasteiger partial charge in [-0.15, -0.1) is 0 Å². The monoisotopic (exact) mass is 275 g/mol. The van der Waals surface area contributed by atoms with E-state index in [-0.39, 0.29) is 11.3 Å². The lowest BCUT2D eigenvalue weighted by molar-refractivity contribution is -0.138. The van der Waals surface area contributed by atoms with Crippen molar-refractivity contribution in [2.24, 2.45) is 5.73 Å². The van der Waals surface area contributed by atoms with E-state index in [9.17, 15) is 18.3 Å². The summed E-state index contributed by atoms with van der Waals surface area (Å²) in [6, 6.07) is 1.68. The Bertz CT molecular complexity index is 463. The second-order valence-electron chi connectivity index (χ2n) is 3.88. The first-order valence-electron chi connectivity index (χ1n) is 5.22. The zero-order valence-corrected chi connectivity index (χ0v) is 10.4. The first-order valence-corrected chi connectivity index (χ1v) is 5.22. The third-order valence-corrected chi connectivity index (χ3v) is 2.60. The Labute approximate surface area is 109 Å².